The van der Waals surface area contributed by atoms with Gasteiger partial charge in [0.25, 0.3) is 0 Å². The van der Waals surface area contributed by atoms with E-state index in [9.17, 15) is 4.79 Å². The summed E-state index contributed by atoms with van der Waals surface area (Å²) < 4.78 is 3.25. The first-order valence-electron chi connectivity index (χ1n) is 5.91. The number of aromatic carboxylic acids is 1. The van der Waals surface area contributed by atoms with Crippen LogP contribution in [-0.4, -0.2) is 30.6 Å². The molecule has 0 saturated heterocycles. The zero-order valence-electron chi connectivity index (χ0n) is 10.8. The third-order valence-corrected chi connectivity index (χ3v) is 2.46. The van der Waals surface area contributed by atoms with Crippen molar-refractivity contribution in [3.8, 4) is 11.8 Å². The molecule has 0 atom stereocenters. The van der Waals surface area contributed by atoms with Crippen molar-refractivity contribution in [2.45, 2.75) is 19.9 Å². The van der Waals surface area contributed by atoms with E-state index in [2.05, 4.69) is 29.0 Å². The van der Waals surface area contributed by atoms with Crippen LogP contribution in [0, 0.1) is 11.8 Å². The van der Waals surface area contributed by atoms with Gasteiger partial charge in [-0.3, -0.25) is 9.36 Å². The molecule has 2 rings (SSSR count). The molecule has 0 amide bonds. The fourth-order valence-corrected chi connectivity index (χ4v) is 1.66. The van der Waals surface area contributed by atoms with Crippen LogP contribution in [-0.2, 0) is 13.6 Å². The highest BCUT2D eigenvalue weighted by atomic mass is 16.4. The van der Waals surface area contributed by atoms with E-state index in [4.69, 9.17) is 5.11 Å². The Labute approximate surface area is 110 Å². The van der Waals surface area contributed by atoms with Crippen LogP contribution in [0.3, 0.4) is 0 Å². The average Bonchev–Trinajstić information content (AvgIpc) is 2.94. The molecule has 0 saturated carbocycles. The minimum absolute atomic E-state index is 0.0315. The highest BCUT2D eigenvalue weighted by Gasteiger charge is 2.12. The monoisotopic (exact) mass is 258 g/mol. The number of hydrogen-bond acceptors (Lipinski definition) is 3. The van der Waals surface area contributed by atoms with Crippen LogP contribution in [0.5, 0.6) is 0 Å². The largest absolute Gasteiger partial charge is 0.476 e. The molecular formula is C13H14N4O2. The smallest absolute Gasteiger partial charge is 0.357 e. The molecule has 2 aromatic heterocycles. The normalized spacial score (nSPS) is 10.0. The van der Waals surface area contributed by atoms with Crippen molar-refractivity contribution in [1.29, 1.82) is 0 Å². The molecule has 98 valence electrons. The van der Waals surface area contributed by atoms with E-state index in [0.29, 0.717) is 5.56 Å². The van der Waals surface area contributed by atoms with Crippen LogP contribution < -0.4 is 0 Å². The number of carbonyl (C=O) groups is 1. The third-order valence-electron chi connectivity index (χ3n) is 2.46. The lowest BCUT2D eigenvalue weighted by molar-refractivity contribution is 0.0689. The van der Waals surface area contributed by atoms with Gasteiger partial charge in [-0.1, -0.05) is 18.8 Å². The van der Waals surface area contributed by atoms with Gasteiger partial charge in [0.1, 0.15) is 0 Å². The Balaban J connectivity index is 2.25. The second-order valence-corrected chi connectivity index (χ2v) is 4.11. The first kappa shape index (κ1) is 12.9. The summed E-state index contributed by atoms with van der Waals surface area (Å²) in [5.74, 6) is 4.64. The Morgan fingerprint density at radius 2 is 2.21 bits per heavy atom. The number of nitrogens with zero attached hydrogens (tertiary/aromatic N) is 4. The standard InChI is InChI=1S/C13H14N4O2/c1-3-6-17-8-10(7-14-17)4-5-11-9-16(2)15-12(11)13(18)19/h7-9H,3,6H2,1-2H3,(H,18,19). The van der Waals surface area contributed by atoms with Crippen LogP contribution >= 0.6 is 0 Å². The van der Waals surface area contributed by atoms with Crippen LogP contribution in [0.15, 0.2) is 18.6 Å². The number of aryl methyl sites for hydroxylation is 2. The zero-order valence-corrected chi connectivity index (χ0v) is 10.8. The van der Waals surface area contributed by atoms with E-state index in [1.54, 1.807) is 19.4 Å². The second-order valence-electron chi connectivity index (χ2n) is 4.11. The molecule has 0 aliphatic rings. The molecule has 0 unspecified atom stereocenters. The highest BCUT2D eigenvalue weighted by molar-refractivity contribution is 5.88. The van der Waals surface area contributed by atoms with Crippen LogP contribution in [0.2, 0.25) is 0 Å². The van der Waals surface area contributed by atoms with Crippen LogP contribution in [0.25, 0.3) is 0 Å². The summed E-state index contributed by atoms with van der Waals surface area (Å²) in [5, 5.41) is 17.0. The molecule has 0 radical (unpaired) electrons. The highest BCUT2D eigenvalue weighted by Crippen LogP contribution is 2.05. The van der Waals surface area contributed by atoms with E-state index < -0.39 is 5.97 Å². The zero-order chi connectivity index (χ0) is 13.8. The van der Waals surface area contributed by atoms with Gasteiger partial charge in [-0.15, -0.1) is 0 Å². The summed E-state index contributed by atoms with van der Waals surface area (Å²) in [6, 6.07) is 0. The quantitative estimate of drug-likeness (QED) is 0.837. The third kappa shape index (κ3) is 3.01. The first-order chi connectivity index (χ1) is 9.10. The van der Waals surface area contributed by atoms with Gasteiger partial charge in [-0.2, -0.15) is 10.2 Å². The van der Waals surface area contributed by atoms with Gasteiger partial charge >= 0.3 is 5.97 Å². The van der Waals surface area contributed by atoms with Crippen LogP contribution in [0.4, 0.5) is 0 Å². The summed E-state index contributed by atoms with van der Waals surface area (Å²) in [6.07, 6.45) is 6.10. The fourth-order valence-electron chi connectivity index (χ4n) is 1.66. The number of carboxylic acids is 1. The van der Waals surface area contributed by atoms with E-state index in [-0.39, 0.29) is 5.69 Å². The molecule has 19 heavy (non-hydrogen) atoms. The molecule has 1 N–H and O–H groups in total. The van der Waals surface area contributed by atoms with Gasteiger partial charge in [0.05, 0.1) is 17.3 Å². The minimum Gasteiger partial charge on any atom is -0.476 e. The molecule has 0 aliphatic heterocycles. The first-order valence-corrected chi connectivity index (χ1v) is 5.91. The van der Waals surface area contributed by atoms with E-state index in [0.717, 1.165) is 18.5 Å². The van der Waals surface area contributed by atoms with Crippen molar-refractivity contribution in [3.05, 3.63) is 35.4 Å². The predicted octanol–water partition coefficient (Wildman–Crippen LogP) is 1.12. The Kier molecular flexibility index (Phi) is 3.66. The molecule has 6 heteroatoms. The van der Waals surface area contributed by atoms with Gasteiger partial charge in [-0.05, 0) is 6.42 Å². The molecule has 0 aromatic carbocycles. The molecule has 0 aliphatic carbocycles. The Morgan fingerprint density at radius 1 is 1.42 bits per heavy atom. The van der Waals surface area contributed by atoms with Gasteiger partial charge in [0.15, 0.2) is 5.69 Å². The van der Waals surface area contributed by atoms with Gasteiger partial charge in [-0.25, -0.2) is 4.79 Å². The average molecular weight is 258 g/mol. The summed E-state index contributed by atoms with van der Waals surface area (Å²) in [4.78, 5) is 11.0. The number of rotatable bonds is 3. The van der Waals surface area contributed by atoms with Gasteiger partial charge < -0.3 is 5.11 Å². The van der Waals surface area contributed by atoms with Crippen molar-refractivity contribution >= 4 is 5.97 Å². The van der Waals surface area contributed by atoms with E-state index in [1.165, 1.54) is 4.68 Å². The Hall–Kier alpha value is -2.55. The Bertz CT molecular complexity index is 658. The number of carboxylic acid groups (broad SMARTS) is 1. The molecule has 0 fully saturated rings. The molecule has 0 spiro atoms. The molecular weight excluding hydrogens is 244 g/mol. The fraction of sp³-hybridized carbons (Fsp3) is 0.308. The molecule has 0 bridgehead atoms. The summed E-state index contributed by atoms with van der Waals surface area (Å²) in [7, 11) is 1.66. The molecule has 2 heterocycles. The second kappa shape index (κ2) is 5.40. The lowest BCUT2D eigenvalue weighted by Crippen LogP contribution is -2.00. The van der Waals surface area contributed by atoms with Crippen molar-refractivity contribution in [2.75, 3.05) is 0 Å². The summed E-state index contributed by atoms with van der Waals surface area (Å²) >= 11 is 0. The topological polar surface area (TPSA) is 72.9 Å². The van der Waals surface area contributed by atoms with Gasteiger partial charge in [0.2, 0.25) is 0 Å². The summed E-state index contributed by atoms with van der Waals surface area (Å²) in [5.41, 5.74) is 1.13. The van der Waals surface area contributed by atoms with Gasteiger partial charge in [0, 0.05) is 26.0 Å². The lowest BCUT2D eigenvalue weighted by Gasteiger charge is -1.93. The molecule has 2 aromatic rings. The maximum Gasteiger partial charge on any atom is 0.357 e. The van der Waals surface area contributed by atoms with Crippen molar-refractivity contribution < 1.29 is 9.90 Å². The summed E-state index contributed by atoms with van der Waals surface area (Å²) in [6.45, 7) is 2.91. The lowest BCUT2D eigenvalue weighted by atomic mass is 10.2. The number of aromatic nitrogens is 4. The van der Waals surface area contributed by atoms with Crippen molar-refractivity contribution in [2.24, 2.45) is 7.05 Å². The van der Waals surface area contributed by atoms with E-state index in [1.807, 2.05) is 10.9 Å². The minimum atomic E-state index is -1.08. The maximum atomic E-state index is 11.0. The van der Waals surface area contributed by atoms with Crippen LogP contribution in [0.1, 0.15) is 35.0 Å². The predicted molar refractivity (Wildman–Crippen MR) is 68.7 cm³/mol. The van der Waals surface area contributed by atoms with Crippen molar-refractivity contribution in [1.82, 2.24) is 19.6 Å². The van der Waals surface area contributed by atoms with E-state index >= 15 is 0 Å². The number of hydrogen-bond donors (Lipinski definition) is 1. The Morgan fingerprint density at radius 3 is 2.89 bits per heavy atom. The molecule has 6 nitrogen and oxygen atoms in total. The van der Waals surface area contributed by atoms with Crippen molar-refractivity contribution in [3.63, 3.8) is 0 Å². The SMILES string of the molecule is CCCn1cc(C#Cc2cn(C)nc2C(=O)O)cn1. The maximum absolute atomic E-state index is 11.0.